The number of carbonyl (C=O) groups is 1. The fourth-order valence-electron chi connectivity index (χ4n) is 1.73. The molecule has 0 atom stereocenters. The Balaban J connectivity index is 0.00000200. The number of carboxylic acid groups (broad SMARTS) is 1. The van der Waals surface area contributed by atoms with Gasteiger partial charge in [-0.25, -0.2) is 9.78 Å². The van der Waals surface area contributed by atoms with E-state index < -0.39 is 5.97 Å². The number of hydrogen-bond acceptors (Lipinski definition) is 4. The maximum atomic E-state index is 11.2. The molecule has 2 aromatic rings. The first-order valence-electron chi connectivity index (χ1n) is 5.58. The molecule has 6 nitrogen and oxygen atoms in total. The van der Waals surface area contributed by atoms with E-state index in [0.717, 1.165) is 0 Å². The van der Waals surface area contributed by atoms with E-state index in [0.29, 0.717) is 22.9 Å². The lowest BCUT2D eigenvalue weighted by Gasteiger charge is -2.09. The van der Waals surface area contributed by atoms with Crippen LogP contribution in [-0.4, -0.2) is 35.8 Å². The average Bonchev–Trinajstić information content (AvgIpc) is 2.46. The summed E-state index contributed by atoms with van der Waals surface area (Å²) in [5.74, 6) is -0.0734. The Hall–Kier alpha value is -2.60. The highest BCUT2D eigenvalue weighted by molar-refractivity contribution is 5.95. The van der Waals surface area contributed by atoms with Crippen LogP contribution in [0.15, 0.2) is 36.4 Å². The summed E-state index contributed by atoms with van der Waals surface area (Å²) < 4.78 is 10.2. The number of aromatic nitrogens is 1. The molecule has 0 fully saturated rings. The van der Waals surface area contributed by atoms with Crippen molar-refractivity contribution in [1.82, 2.24) is 4.98 Å². The molecular formula is C14H15NO5. The summed E-state index contributed by atoms with van der Waals surface area (Å²) in [7, 11) is 3.02. The van der Waals surface area contributed by atoms with E-state index in [9.17, 15) is 9.90 Å². The van der Waals surface area contributed by atoms with Gasteiger partial charge in [-0.15, -0.1) is 0 Å². The molecule has 20 heavy (non-hydrogen) atoms. The number of carboxylic acids is 1. The van der Waals surface area contributed by atoms with Gasteiger partial charge in [-0.05, 0) is 6.07 Å². The molecule has 106 valence electrons. The summed E-state index contributed by atoms with van der Waals surface area (Å²) in [4.78, 5) is 15.5. The van der Waals surface area contributed by atoms with Gasteiger partial charge in [0.1, 0.15) is 5.75 Å². The molecule has 6 heteroatoms. The first-order chi connectivity index (χ1) is 9.15. The number of pyridine rings is 1. The molecule has 0 amide bonds. The molecule has 0 bridgehead atoms. The Labute approximate surface area is 115 Å². The zero-order chi connectivity index (χ0) is 13.8. The molecule has 1 aromatic heterocycles. The Bertz CT molecular complexity index is 590. The predicted molar refractivity (Wildman–Crippen MR) is 73.4 cm³/mol. The number of benzene rings is 1. The molecule has 0 aliphatic heterocycles. The number of rotatable bonds is 4. The fourth-order valence-corrected chi connectivity index (χ4v) is 1.73. The van der Waals surface area contributed by atoms with Crippen molar-refractivity contribution in [1.29, 1.82) is 0 Å². The molecular weight excluding hydrogens is 262 g/mol. The van der Waals surface area contributed by atoms with Crippen LogP contribution in [0.25, 0.3) is 11.3 Å². The van der Waals surface area contributed by atoms with E-state index in [1.807, 2.05) is 0 Å². The van der Waals surface area contributed by atoms with Crippen molar-refractivity contribution in [2.45, 2.75) is 0 Å². The molecule has 1 aromatic carbocycles. The Kier molecular flexibility index (Phi) is 5.05. The lowest BCUT2D eigenvalue weighted by Crippen LogP contribution is -2.01. The van der Waals surface area contributed by atoms with Gasteiger partial charge in [0.05, 0.1) is 25.5 Å². The van der Waals surface area contributed by atoms with E-state index in [1.54, 1.807) is 30.3 Å². The average molecular weight is 277 g/mol. The van der Waals surface area contributed by atoms with Crippen LogP contribution < -0.4 is 9.47 Å². The second-order valence-corrected chi connectivity index (χ2v) is 3.79. The quantitative estimate of drug-likeness (QED) is 0.915. The van der Waals surface area contributed by atoms with Crippen LogP contribution in [0.3, 0.4) is 0 Å². The molecule has 1 heterocycles. The predicted octanol–water partition coefficient (Wildman–Crippen LogP) is 1.64. The SMILES string of the molecule is COc1cc(OC)nc(-c2ccccc2C(=O)O)c1.O. The van der Waals surface area contributed by atoms with E-state index >= 15 is 0 Å². The minimum absolute atomic E-state index is 0. The van der Waals surface area contributed by atoms with Gasteiger partial charge < -0.3 is 20.1 Å². The van der Waals surface area contributed by atoms with E-state index in [4.69, 9.17) is 9.47 Å². The van der Waals surface area contributed by atoms with Crippen LogP contribution in [0.1, 0.15) is 10.4 Å². The molecule has 0 radical (unpaired) electrons. The van der Waals surface area contributed by atoms with Crippen LogP contribution in [0.5, 0.6) is 11.6 Å². The number of methoxy groups -OCH3 is 2. The van der Waals surface area contributed by atoms with Gasteiger partial charge in [0.2, 0.25) is 5.88 Å². The highest BCUT2D eigenvalue weighted by Gasteiger charge is 2.13. The van der Waals surface area contributed by atoms with Gasteiger partial charge in [-0.1, -0.05) is 18.2 Å². The standard InChI is InChI=1S/C14H13NO4.H2O/c1-18-9-7-12(15-13(8-9)19-2)10-5-3-4-6-11(10)14(16)17;/h3-8H,1-2H3,(H,16,17);1H2. The normalized spacial score (nSPS) is 9.50. The smallest absolute Gasteiger partial charge is 0.336 e. The van der Waals surface area contributed by atoms with Crippen LogP contribution >= 0.6 is 0 Å². The lowest BCUT2D eigenvalue weighted by molar-refractivity contribution is 0.0697. The van der Waals surface area contributed by atoms with Gasteiger partial charge in [0.25, 0.3) is 0 Å². The van der Waals surface area contributed by atoms with E-state index in [2.05, 4.69) is 4.98 Å². The van der Waals surface area contributed by atoms with Crippen molar-refractivity contribution in [2.75, 3.05) is 14.2 Å². The third-order valence-electron chi connectivity index (χ3n) is 2.65. The van der Waals surface area contributed by atoms with Gasteiger partial charge in [0.15, 0.2) is 0 Å². The Morgan fingerprint density at radius 1 is 1.15 bits per heavy atom. The molecule has 0 unspecified atom stereocenters. The molecule has 0 aliphatic carbocycles. The molecule has 0 spiro atoms. The van der Waals surface area contributed by atoms with Crippen molar-refractivity contribution < 1.29 is 24.9 Å². The first-order valence-corrected chi connectivity index (χ1v) is 5.58. The molecule has 3 N–H and O–H groups in total. The second kappa shape index (κ2) is 6.53. The third-order valence-corrected chi connectivity index (χ3v) is 2.65. The first kappa shape index (κ1) is 15.5. The minimum Gasteiger partial charge on any atom is -0.496 e. The van der Waals surface area contributed by atoms with E-state index in [1.165, 1.54) is 20.3 Å². The molecule has 2 rings (SSSR count). The Morgan fingerprint density at radius 2 is 1.85 bits per heavy atom. The lowest BCUT2D eigenvalue weighted by atomic mass is 10.0. The number of hydrogen-bond donors (Lipinski definition) is 1. The fraction of sp³-hybridized carbons (Fsp3) is 0.143. The van der Waals surface area contributed by atoms with Crippen LogP contribution in [0, 0.1) is 0 Å². The number of ether oxygens (including phenoxy) is 2. The van der Waals surface area contributed by atoms with Crippen molar-refractivity contribution in [3.8, 4) is 22.9 Å². The maximum Gasteiger partial charge on any atom is 0.336 e. The minimum atomic E-state index is -1.00. The summed E-state index contributed by atoms with van der Waals surface area (Å²) in [5.41, 5.74) is 1.20. The van der Waals surface area contributed by atoms with Gasteiger partial charge in [0, 0.05) is 17.7 Å². The topological polar surface area (TPSA) is 100 Å². The summed E-state index contributed by atoms with van der Waals surface area (Å²) in [6.45, 7) is 0. The van der Waals surface area contributed by atoms with Crippen LogP contribution in [-0.2, 0) is 0 Å². The van der Waals surface area contributed by atoms with Crippen LogP contribution in [0.2, 0.25) is 0 Å². The largest absolute Gasteiger partial charge is 0.496 e. The second-order valence-electron chi connectivity index (χ2n) is 3.79. The monoisotopic (exact) mass is 277 g/mol. The molecule has 0 saturated carbocycles. The summed E-state index contributed by atoms with van der Waals surface area (Å²) >= 11 is 0. The van der Waals surface area contributed by atoms with E-state index in [-0.39, 0.29) is 11.0 Å². The number of nitrogens with zero attached hydrogens (tertiary/aromatic N) is 1. The highest BCUT2D eigenvalue weighted by Crippen LogP contribution is 2.28. The van der Waals surface area contributed by atoms with Gasteiger partial charge in [-0.2, -0.15) is 0 Å². The zero-order valence-corrected chi connectivity index (χ0v) is 11.1. The van der Waals surface area contributed by atoms with Crippen LogP contribution in [0.4, 0.5) is 0 Å². The summed E-state index contributed by atoms with van der Waals surface area (Å²) in [6.07, 6.45) is 0. The third kappa shape index (κ3) is 3.04. The van der Waals surface area contributed by atoms with Gasteiger partial charge in [-0.3, -0.25) is 0 Å². The summed E-state index contributed by atoms with van der Waals surface area (Å²) in [5, 5.41) is 9.19. The molecule has 0 aliphatic rings. The van der Waals surface area contributed by atoms with Gasteiger partial charge >= 0.3 is 5.97 Å². The highest BCUT2D eigenvalue weighted by atomic mass is 16.5. The van der Waals surface area contributed by atoms with Crippen molar-refractivity contribution in [3.05, 3.63) is 42.0 Å². The Morgan fingerprint density at radius 3 is 2.45 bits per heavy atom. The maximum absolute atomic E-state index is 11.2. The van der Waals surface area contributed by atoms with Crippen molar-refractivity contribution in [3.63, 3.8) is 0 Å². The zero-order valence-electron chi connectivity index (χ0n) is 11.1. The molecule has 0 saturated heterocycles. The number of aromatic carboxylic acids is 1. The summed E-state index contributed by atoms with van der Waals surface area (Å²) in [6, 6.07) is 9.97. The van der Waals surface area contributed by atoms with Crippen molar-refractivity contribution >= 4 is 5.97 Å². The van der Waals surface area contributed by atoms with Crippen molar-refractivity contribution in [2.24, 2.45) is 0 Å².